The Morgan fingerprint density at radius 3 is 2.95 bits per heavy atom. The molecule has 0 aliphatic heterocycles. The van der Waals surface area contributed by atoms with E-state index in [1.54, 1.807) is 25.1 Å². The molecule has 0 radical (unpaired) electrons. The molecule has 0 aliphatic carbocycles. The second-order valence-electron chi connectivity index (χ2n) is 4.15. The summed E-state index contributed by atoms with van der Waals surface area (Å²) in [4.78, 5) is 15.6. The van der Waals surface area contributed by atoms with E-state index in [9.17, 15) is 9.18 Å². The van der Waals surface area contributed by atoms with Crippen LogP contribution in [0.5, 0.6) is 0 Å². The minimum absolute atomic E-state index is 0.0737. The number of hydrogen-bond acceptors (Lipinski definition) is 4. The molecule has 20 heavy (non-hydrogen) atoms. The van der Waals surface area contributed by atoms with Crippen molar-refractivity contribution in [3.63, 3.8) is 0 Å². The maximum Gasteiger partial charge on any atom is 0.259 e. The number of nitrogens with zero attached hydrogens (tertiary/aromatic N) is 2. The Bertz CT molecular complexity index is 722. The van der Waals surface area contributed by atoms with Gasteiger partial charge in [0.1, 0.15) is 17.7 Å². The fraction of sp³-hybridized carbons (Fsp3) is 0.0714. The van der Waals surface area contributed by atoms with Crippen molar-refractivity contribution in [1.29, 1.82) is 5.26 Å². The fourth-order valence-corrected chi connectivity index (χ4v) is 1.74. The molecular formula is C14H11FN4O. The highest BCUT2D eigenvalue weighted by Gasteiger charge is 2.14. The lowest BCUT2D eigenvalue weighted by atomic mass is 10.1. The molecule has 1 amide bonds. The van der Waals surface area contributed by atoms with Crippen LogP contribution in [0.3, 0.4) is 0 Å². The molecule has 0 saturated heterocycles. The Labute approximate surface area is 114 Å². The molecule has 0 aliphatic rings. The van der Waals surface area contributed by atoms with Gasteiger partial charge in [-0.15, -0.1) is 0 Å². The number of rotatable bonds is 2. The molecule has 0 atom stereocenters. The number of nitrogen functional groups attached to an aromatic ring is 1. The van der Waals surface area contributed by atoms with Crippen LogP contribution in [0.25, 0.3) is 0 Å². The van der Waals surface area contributed by atoms with E-state index in [0.717, 1.165) is 17.8 Å². The number of anilines is 2. The van der Waals surface area contributed by atoms with Gasteiger partial charge < -0.3 is 11.1 Å². The van der Waals surface area contributed by atoms with E-state index in [1.165, 1.54) is 0 Å². The van der Waals surface area contributed by atoms with Crippen LogP contribution in [0.2, 0.25) is 0 Å². The topological polar surface area (TPSA) is 91.8 Å². The summed E-state index contributed by atoms with van der Waals surface area (Å²) in [6.07, 6.45) is 0.930. The molecule has 1 heterocycles. The molecule has 0 saturated carbocycles. The van der Waals surface area contributed by atoms with E-state index < -0.39 is 11.7 Å². The summed E-state index contributed by atoms with van der Waals surface area (Å²) in [6, 6.07) is 8.06. The number of amides is 1. The smallest absolute Gasteiger partial charge is 0.259 e. The van der Waals surface area contributed by atoms with Gasteiger partial charge in [0, 0.05) is 0 Å². The van der Waals surface area contributed by atoms with Crippen LogP contribution in [0.1, 0.15) is 21.5 Å². The van der Waals surface area contributed by atoms with Crippen LogP contribution in [-0.2, 0) is 0 Å². The molecule has 5 nitrogen and oxygen atoms in total. The standard InChI is InChI=1S/C14H11FN4O/c1-8-3-2-4-12(11(8)6-16)19-14(20)10-5-9(15)7-18-13(10)17/h2-5,7H,1H3,(H2,17,18)(H,19,20). The van der Waals surface area contributed by atoms with Crippen LogP contribution in [0.15, 0.2) is 30.5 Å². The third-order valence-corrected chi connectivity index (χ3v) is 2.76. The van der Waals surface area contributed by atoms with Gasteiger partial charge in [0.05, 0.1) is 23.0 Å². The van der Waals surface area contributed by atoms with Crippen LogP contribution in [0, 0.1) is 24.1 Å². The minimum Gasteiger partial charge on any atom is -0.383 e. The Morgan fingerprint density at radius 1 is 1.50 bits per heavy atom. The van der Waals surface area contributed by atoms with E-state index in [0.29, 0.717) is 11.3 Å². The van der Waals surface area contributed by atoms with Crippen molar-refractivity contribution in [3.05, 3.63) is 53.0 Å². The first-order chi connectivity index (χ1) is 9.52. The van der Waals surface area contributed by atoms with E-state index in [-0.39, 0.29) is 11.4 Å². The summed E-state index contributed by atoms with van der Waals surface area (Å²) in [6.45, 7) is 1.76. The second kappa shape index (κ2) is 5.36. The highest BCUT2D eigenvalue weighted by molar-refractivity contribution is 6.07. The zero-order valence-corrected chi connectivity index (χ0v) is 10.6. The van der Waals surface area contributed by atoms with E-state index in [2.05, 4.69) is 10.3 Å². The fourth-order valence-electron chi connectivity index (χ4n) is 1.74. The first-order valence-corrected chi connectivity index (χ1v) is 5.75. The van der Waals surface area contributed by atoms with Gasteiger partial charge in [-0.3, -0.25) is 4.79 Å². The lowest BCUT2D eigenvalue weighted by Gasteiger charge is -2.09. The first-order valence-electron chi connectivity index (χ1n) is 5.75. The van der Waals surface area contributed by atoms with Crippen molar-refractivity contribution < 1.29 is 9.18 Å². The number of nitrogens with one attached hydrogen (secondary N) is 1. The predicted octanol–water partition coefficient (Wildman–Crippen LogP) is 2.24. The summed E-state index contributed by atoms with van der Waals surface area (Å²) in [7, 11) is 0. The van der Waals surface area contributed by atoms with E-state index in [1.807, 2.05) is 6.07 Å². The third kappa shape index (κ3) is 2.57. The average Bonchev–Trinajstić information content (AvgIpc) is 2.41. The van der Waals surface area contributed by atoms with Crippen molar-refractivity contribution in [2.45, 2.75) is 6.92 Å². The SMILES string of the molecule is Cc1cccc(NC(=O)c2cc(F)cnc2N)c1C#N. The molecule has 6 heteroatoms. The lowest BCUT2D eigenvalue weighted by molar-refractivity contribution is 0.102. The number of carbonyl (C=O) groups is 1. The molecule has 0 unspecified atom stereocenters. The van der Waals surface area contributed by atoms with E-state index >= 15 is 0 Å². The predicted molar refractivity (Wildman–Crippen MR) is 72.5 cm³/mol. The number of benzene rings is 1. The highest BCUT2D eigenvalue weighted by Crippen LogP contribution is 2.20. The minimum atomic E-state index is -0.658. The number of pyridine rings is 1. The normalized spacial score (nSPS) is 9.85. The number of nitrogens with two attached hydrogens (primary N) is 1. The number of hydrogen-bond donors (Lipinski definition) is 2. The van der Waals surface area contributed by atoms with Gasteiger partial charge in [0.25, 0.3) is 5.91 Å². The van der Waals surface area contributed by atoms with Crippen molar-refractivity contribution >= 4 is 17.4 Å². The molecule has 2 rings (SSSR count). The van der Waals surface area contributed by atoms with Crippen molar-refractivity contribution in [2.24, 2.45) is 0 Å². The summed E-state index contributed by atoms with van der Waals surface area (Å²) < 4.78 is 13.1. The maximum absolute atomic E-state index is 13.1. The van der Waals surface area contributed by atoms with Crippen molar-refractivity contribution in [1.82, 2.24) is 4.98 Å². The molecule has 100 valence electrons. The monoisotopic (exact) mass is 270 g/mol. The zero-order chi connectivity index (χ0) is 14.7. The summed E-state index contributed by atoms with van der Waals surface area (Å²) in [5, 5.41) is 11.6. The van der Waals surface area contributed by atoms with Crippen LogP contribution < -0.4 is 11.1 Å². The molecule has 1 aromatic carbocycles. The number of aryl methyl sites for hydroxylation is 1. The van der Waals surface area contributed by atoms with Gasteiger partial charge in [-0.1, -0.05) is 12.1 Å². The molecule has 1 aromatic heterocycles. The Kier molecular flexibility index (Phi) is 3.62. The van der Waals surface area contributed by atoms with Crippen LogP contribution in [-0.4, -0.2) is 10.9 Å². The third-order valence-electron chi connectivity index (χ3n) is 2.76. The highest BCUT2D eigenvalue weighted by atomic mass is 19.1. The molecule has 0 bridgehead atoms. The first kappa shape index (κ1) is 13.5. The summed E-state index contributed by atoms with van der Waals surface area (Å²) >= 11 is 0. The lowest BCUT2D eigenvalue weighted by Crippen LogP contribution is -2.16. The number of halogens is 1. The Hall–Kier alpha value is -2.94. The molecule has 0 spiro atoms. The summed E-state index contributed by atoms with van der Waals surface area (Å²) in [5.41, 5.74) is 6.90. The van der Waals surface area contributed by atoms with Gasteiger partial charge in [-0.05, 0) is 24.6 Å². The van der Waals surface area contributed by atoms with Gasteiger partial charge >= 0.3 is 0 Å². The van der Waals surface area contributed by atoms with Crippen molar-refractivity contribution in [3.8, 4) is 6.07 Å². The number of carbonyl (C=O) groups excluding carboxylic acids is 1. The van der Waals surface area contributed by atoms with Gasteiger partial charge in [0.2, 0.25) is 0 Å². The Balaban J connectivity index is 2.36. The maximum atomic E-state index is 13.1. The average molecular weight is 270 g/mol. The molecule has 0 fully saturated rings. The van der Waals surface area contributed by atoms with Gasteiger partial charge in [-0.25, -0.2) is 9.37 Å². The second-order valence-corrected chi connectivity index (χ2v) is 4.15. The molecule has 3 N–H and O–H groups in total. The zero-order valence-electron chi connectivity index (χ0n) is 10.6. The quantitative estimate of drug-likeness (QED) is 0.875. The molecular weight excluding hydrogens is 259 g/mol. The van der Waals surface area contributed by atoms with Gasteiger partial charge in [-0.2, -0.15) is 5.26 Å². The van der Waals surface area contributed by atoms with E-state index in [4.69, 9.17) is 11.0 Å². The van der Waals surface area contributed by atoms with Crippen LogP contribution in [0.4, 0.5) is 15.9 Å². The van der Waals surface area contributed by atoms with Crippen molar-refractivity contribution in [2.75, 3.05) is 11.1 Å². The summed E-state index contributed by atoms with van der Waals surface area (Å²) in [5.74, 6) is -1.35. The molecule has 2 aromatic rings. The number of nitriles is 1. The van der Waals surface area contributed by atoms with Gasteiger partial charge in [0.15, 0.2) is 0 Å². The Morgan fingerprint density at radius 2 is 2.25 bits per heavy atom. The number of aromatic nitrogens is 1. The van der Waals surface area contributed by atoms with Crippen LogP contribution >= 0.6 is 0 Å². The largest absolute Gasteiger partial charge is 0.383 e.